The maximum atomic E-state index is 12.5. The van der Waals surface area contributed by atoms with Crippen LogP contribution in [0.5, 0.6) is 11.5 Å². The number of thiophene rings is 1. The van der Waals surface area contributed by atoms with Crippen LogP contribution in [-0.2, 0) is 11.3 Å². The lowest BCUT2D eigenvalue weighted by Gasteiger charge is -2.32. The van der Waals surface area contributed by atoms with Crippen LogP contribution in [0.1, 0.15) is 47.8 Å². The highest BCUT2D eigenvalue weighted by Crippen LogP contribution is 2.27. The smallest absolute Gasteiger partial charge is 0.224 e. The molecule has 0 bridgehead atoms. The van der Waals surface area contributed by atoms with Gasteiger partial charge in [-0.2, -0.15) is 0 Å². The van der Waals surface area contributed by atoms with Crippen LogP contribution >= 0.6 is 11.3 Å². The average molecular weight is 431 g/mol. The molecule has 2 heterocycles. The number of carbonyl (C=O) groups is 2. The Balaban J connectivity index is 1.48. The van der Waals surface area contributed by atoms with Gasteiger partial charge in [-0.05, 0) is 55.7 Å². The summed E-state index contributed by atoms with van der Waals surface area (Å²) in [6.07, 6.45) is 3.65. The second-order valence-electron chi connectivity index (χ2n) is 7.81. The molecule has 0 unspecified atom stereocenters. The summed E-state index contributed by atoms with van der Waals surface area (Å²) in [5.41, 5.74) is 1.88. The van der Waals surface area contributed by atoms with E-state index in [1.807, 2.05) is 6.07 Å². The predicted molar refractivity (Wildman–Crippen MR) is 120 cm³/mol. The first-order valence-corrected chi connectivity index (χ1v) is 11.2. The van der Waals surface area contributed by atoms with E-state index in [0.29, 0.717) is 29.5 Å². The number of piperidine rings is 1. The van der Waals surface area contributed by atoms with E-state index in [2.05, 4.69) is 15.6 Å². The lowest BCUT2D eigenvalue weighted by atomic mass is 9.93. The fourth-order valence-corrected chi connectivity index (χ4v) is 4.68. The van der Waals surface area contributed by atoms with Crippen molar-refractivity contribution < 1.29 is 19.1 Å². The lowest BCUT2D eigenvalue weighted by Crippen LogP contribution is -2.35. The van der Waals surface area contributed by atoms with Gasteiger partial charge >= 0.3 is 0 Å². The number of hydrogen-bond donors (Lipinski definition) is 1. The fourth-order valence-electron chi connectivity index (χ4n) is 3.87. The van der Waals surface area contributed by atoms with Crippen molar-refractivity contribution in [1.29, 1.82) is 0 Å². The van der Waals surface area contributed by atoms with Gasteiger partial charge < -0.3 is 14.8 Å². The van der Waals surface area contributed by atoms with Gasteiger partial charge in [-0.25, -0.2) is 0 Å². The van der Waals surface area contributed by atoms with E-state index in [9.17, 15) is 9.59 Å². The minimum absolute atomic E-state index is 0.00589. The van der Waals surface area contributed by atoms with E-state index in [-0.39, 0.29) is 11.7 Å². The number of Topliss-reactive ketones (excluding diaryl/α,β-unsaturated/α-hetero) is 1. The second kappa shape index (κ2) is 10.6. The molecule has 6 nitrogen and oxygen atoms in total. The Morgan fingerprint density at radius 1 is 1.17 bits per heavy atom. The zero-order chi connectivity index (χ0) is 21.5. The van der Waals surface area contributed by atoms with Crippen LogP contribution in [0.4, 0.5) is 5.69 Å². The molecule has 30 heavy (non-hydrogen) atoms. The number of ether oxygens (including phenoxy) is 2. The van der Waals surface area contributed by atoms with E-state index in [1.54, 1.807) is 39.3 Å². The normalized spacial score (nSPS) is 16.8. The Morgan fingerprint density at radius 3 is 2.53 bits per heavy atom. The molecule has 1 aromatic carbocycles. The molecule has 1 aromatic heterocycles. The minimum atomic E-state index is 0.00589. The number of likely N-dealkylation sites (tertiary alicyclic amines) is 1. The van der Waals surface area contributed by atoms with Crippen molar-refractivity contribution >= 4 is 28.7 Å². The van der Waals surface area contributed by atoms with Gasteiger partial charge in [0.25, 0.3) is 0 Å². The highest BCUT2D eigenvalue weighted by atomic mass is 32.1. The molecule has 0 spiro atoms. The van der Waals surface area contributed by atoms with Crippen molar-refractivity contribution in [2.45, 2.75) is 39.2 Å². The van der Waals surface area contributed by atoms with E-state index >= 15 is 0 Å². The van der Waals surface area contributed by atoms with Crippen LogP contribution in [0, 0.1) is 5.92 Å². The van der Waals surface area contributed by atoms with Crippen LogP contribution in [0.3, 0.4) is 0 Å². The number of hydrogen-bond acceptors (Lipinski definition) is 6. The Bertz CT molecular complexity index is 858. The average Bonchev–Trinajstić information content (AvgIpc) is 3.21. The number of amides is 1. The van der Waals surface area contributed by atoms with Crippen LogP contribution < -0.4 is 14.8 Å². The summed E-state index contributed by atoms with van der Waals surface area (Å²) in [6.45, 7) is 4.54. The van der Waals surface area contributed by atoms with Gasteiger partial charge in [0.1, 0.15) is 11.5 Å². The van der Waals surface area contributed by atoms with E-state index in [1.165, 1.54) is 16.9 Å². The molecular weight excluding hydrogens is 400 g/mol. The highest BCUT2D eigenvalue weighted by Gasteiger charge is 2.21. The lowest BCUT2D eigenvalue weighted by molar-refractivity contribution is -0.116. The number of ketones is 1. The molecule has 1 atom stereocenters. The number of carbonyl (C=O) groups excluding carboxylic acids is 2. The van der Waals surface area contributed by atoms with E-state index in [0.717, 1.165) is 43.8 Å². The maximum absolute atomic E-state index is 12.5. The molecule has 0 aliphatic carbocycles. The monoisotopic (exact) mass is 430 g/mol. The molecule has 1 amide bonds. The third-order valence-electron chi connectivity index (χ3n) is 5.42. The summed E-state index contributed by atoms with van der Waals surface area (Å²) in [6, 6.07) is 7.36. The number of benzene rings is 1. The van der Waals surface area contributed by atoms with Crippen LogP contribution in [0.15, 0.2) is 29.6 Å². The minimum Gasteiger partial charge on any atom is -0.497 e. The van der Waals surface area contributed by atoms with Crippen molar-refractivity contribution in [3.63, 3.8) is 0 Å². The summed E-state index contributed by atoms with van der Waals surface area (Å²) in [7, 11) is 3.18. The quantitative estimate of drug-likeness (QED) is 0.589. The zero-order valence-electron chi connectivity index (χ0n) is 17.9. The first-order valence-electron chi connectivity index (χ1n) is 10.3. The Hall–Kier alpha value is -2.38. The summed E-state index contributed by atoms with van der Waals surface area (Å²) in [5, 5.41) is 5.03. The molecule has 1 saturated heterocycles. The molecule has 1 aliphatic heterocycles. The zero-order valence-corrected chi connectivity index (χ0v) is 18.7. The molecule has 7 heteroatoms. The highest BCUT2D eigenvalue weighted by molar-refractivity contribution is 7.12. The SMILES string of the molecule is COc1cc(NC(=O)CC[C@H]2CCCN(Cc3csc(C(C)=O)c3)C2)cc(OC)c1. The largest absolute Gasteiger partial charge is 0.497 e. The van der Waals surface area contributed by atoms with Gasteiger partial charge in [0, 0.05) is 43.4 Å². The molecule has 162 valence electrons. The number of nitrogens with zero attached hydrogens (tertiary/aromatic N) is 1. The van der Waals surface area contributed by atoms with Crippen LogP contribution in [0.25, 0.3) is 0 Å². The van der Waals surface area contributed by atoms with E-state index in [4.69, 9.17) is 9.47 Å². The predicted octanol–water partition coefficient (Wildman–Crippen LogP) is 4.60. The third-order valence-corrected chi connectivity index (χ3v) is 6.50. The summed E-state index contributed by atoms with van der Waals surface area (Å²) < 4.78 is 10.5. The number of rotatable bonds is 9. The molecular formula is C23H30N2O4S. The van der Waals surface area contributed by atoms with Crippen molar-refractivity contribution in [2.75, 3.05) is 32.6 Å². The Kier molecular flexibility index (Phi) is 7.87. The third kappa shape index (κ3) is 6.31. The summed E-state index contributed by atoms with van der Waals surface area (Å²) >= 11 is 1.52. The maximum Gasteiger partial charge on any atom is 0.224 e. The Morgan fingerprint density at radius 2 is 1.90 bits per heavy atom. The van der Waals surface area contributed by atoms with Crippen molar-refractivity contribution in [1.82, 2.24) is 4.90 Å². The second-order valence-corrected chi connectivity index (χ2v) is 8.72. The molecule has 2 aromatic rings. The number of methoxy groups -OCH3 is 2. The standard InChI is InChI=1S/C23H30N2O4S/c1-16(26)22-9-18(15-30-22)14-25-8-4-5-17(13-25)6-7-23(27)24-19-10-20(28-2)12-21(11-19)29-3/h9-12,15,17H,4-8,13-14H2,1-3H3,(H,24,27)/t17-/m1/s1. The van der Waals surface area contributed by atoms with Gasteiger partial charge in [0.2, 0.25) is 5.91 Å². The molecule has 1 fully saturated rings. The summed E-state index contributed by atoms with van der Waals surface area (Å²) in [4.78, 5) is 27.2. The van der Waals surface area contributed by atoms with Crippen LogP contribution in [0.2, 0.25) is 0 Å². The first-order chi connectivity index (χ1) is 14.5. The Labute approximate surface area is 182 Å². The first kappa shape index (κ1) is 22.3. The fraction of sp³-hybridized carbons (Fsp3) is 0.478. The molecule has 0 radical (unpaired) electrons. The van der Waals surface area contributed by atoms with Crippen molar-refractivity contribution in [3.8, 4) is 11.5 Å². The van der Waals surface area contributed by atoms with E-state index < -0.39 is 0 Å². The number of nitrogens with one attached hydrogen (secondary N) is 1. The molecule has 3 rings (SSSR count). The van der Waals surface area contributed by atoms with Gasteiger partial charge in [0.05, 0.1) is 19.1 Å². The summed E-state index contributed by atoms with van der Waals surface area (Å²) in [5.74, 6) is 1.94. The molecule has 0 saturated carbocycles. The number of anilines is 1. The van der Waals surface area contributed by atoms with Crippen molar-refractivity contribution in [3.05, 3.63) is 40.1 Å². The van der Waals surface area contributed by atoms with Crippen LogP contribution in [-0.4, -0.2) is 43.9 Å². The van der Waals surface area contributed by atoms with Gasteiger partial charge in [0.15, 0.2) is 5.78 Å². The molecule has 1 N–H and O–H groups in total. The van der Waals surface area contributed by atoms with Gasteiger partial charge in [-0.3, -0.25) is 14.5 Å². The molecule has 1 aliphatic rings. The van der Waals surface area contributed by atoms with Crippen molar-refractivity contribution in [2.24, 2.45) is 5.92 Å². The van der Waals surface area contributed by atoms with Gasteiger partial charge in [-0.15, -0.1) is 11.3 Å². The van der Waals surface area contributed by atoms with Gasteiger partial charge in [-0.1, -0.05) is 0 Å². The topological polar surface area (TPSA) is 67.9 Å².